The minimum absolute atomic E-state index is 0.597. The van der Waals surface area contributed by atoms with Crippen LogP contribution in [0.15, 0.2) is 6.20 Å². The number of halogens is 1. The quantitative estimate of drug-likeness (QED) is 0.903. The Hall–Kier alpha value is -0.580. The van der Waals surface area contributed by atoms with Gasteiger partial charge in [0.2, 0.25) is 0 Å². The van der Waals surface area contributed by atoms with Crippen molar-refractivity contribution in [2.24, 2.45) is 18.7 Å². The number of imidazole rings is 1. The summed E-state index contributed by atoms with van der Waals surface area (Å²) in [6.45, 7) is 4.90. The van der Waals surface area contributed by atoms with Crippen LogP contribution in [0.25, 0.3) is 0 Å². The smallest absolute Gasteiger partial charge is 0.128 e. The highest BCUT2D eigenvalue weighted by molar-refractivity contribution is 6.29. The Balaban J connectivity index is 2.08. The molecule has 1 aromatic rings. The molecule has 1 aliphatic rings. The zero-order chi connectivity index (χ0) is 13.8. The van der Waals surface area contributed by atoms with Gasteiger partial charge in [-0.3, -0.25) is 4.90 Å². The molecule has 2 atom stereocenters. The van der Waals surface area contributed by atoms with E-state index < -0.39 is 0 Å². The first-order valence-corrected chi connectivity index (χ1v) is 7.65. The normalized spacial score (nSPS) is 24.1. The molecule has 0 aliphatic heterocycles. The number of rotatable bonds is 5. The van der Waals surface area contributed by atoms with Crippen molar-refractivity contribution in [1.82, 2.24) is 14.5 Å². The van der Waals surface area contributed by atoms with Gasteiger partial charge >= 0.3 is 0 Å². The van der Waals surface area contributed by atoms with Crippen LogP contribution >= 0.6 is 11.6 Å². The summed E-state index contributed by atoms with van der Waals surface area (Å²) in [6.07, 6.45) is 6.89. The molecule has 0 amide bonds. The van der Waals surface area contributed by atoms with Crippen molar-refractivity contribution >= 4 is 11.6 Å². The summed E-state index contributed by atoms with van der Waals surface area (Å²) in [4.78, 5) is 6.92. The summed E-state index contributed by atoms with van der Waals surface area (Å²) in [5.41, 5.74) is 5.94. The molecular weight excluding hydrogens is 260 g/mol. The van der Waals surface area contributed by atoms with E-state index in [1.165, 1.54) is 25.7 Å². The lowest BCUT2D eigenvalue weighted by Gasteiger charge is -2.39. The van der Waals surface area contributed by atoms with E-state index in [1.54, 1.807) is 6.20 Å². The van der Waals surface area contributed by atoms with Gasteiger partial charge in [0.1, 0.15) is 11.0 Å². The first-order valence-electron chi connectivity index (χ1n) is 7.27. The van der Waals surface area contributed by atoms with Crippen molar-refractivity contribution in [3.05, 3.63) is 17.2 Å². The van der Waals surface area contributed by atoms with Gasteiger partial charge in [0.15, 0.2) is 0 Å². The minimum Gasteiger partial charge on any atom is -0.330 e. The molecule has 0 bridgehead atoms. The number of hydrogen-bond acceptors (Lipinski definition) is 3. The monoisotopic (exact) mass is 284 g/mol. The number of nitrogens with zero attached hydrogens (tertiary/aromatic N) is 3. The maximum Gasteiger partial charge on any atom is 0.128 e. The lowest BCUT2D eigenvalue weighted by atomic mass is 9.83. The summed E-state index contributed by atoms with van der Waals surface area (Å²) in [7, 11) is 1.97. The maximum absolute atomic E-state index is 6.06. The summed E-state index contributed by atoms with van der Waals surface area (Å²) < 4.78 is 1.96. The number of nitrogens with two attached hydrogens (primary N) is 1. The molecule has 108 valence electrons. The van der Waals surface area contributed by atoms with Crippen LogP contribution in [0.2, 0.25) is 5.15 Å². The third kappa shape index (κ3) is 3.30. The SMILES string of the molecule is CCN(Cc1ncc(Cl)n1C)C1CCCCC1CN. The lowest BCUT2D eigenvalue weighted by molar-refractivity contribution is 0.102. The van der Waals surface area contributed by atoms with Crippen molar-refractivity contribution in [1.29, 1.82) is 0 Å². The molecule has 4 nitrogen and oxygen atoms in total. The Kier molecular flexibility index (Phi) is 5.25. The predicted molar refractivity (Wildman–Crippen MR) is 79.1 cm³/mol. The van der Waals surface area contributed by atoms with Crippen LogP contribution < -0.4 is 5.73 Å². The Morgan fingerprint density at radius 3 is 2.79 bits per heavy atom. The van der Waals surface area contributed by atoms with Crippen LogP contribution in [0.3, 0.4) is 0 Å². The molecular formula is C14H25ClN4. The van der Waals surface area contributed by atoms with E-state index in [4.69, 9.17) is 17.3 Å². The van der Waals surface area contributed by atoms with Gasteiger partial charge in [-0.05, 0) is 31.8 Å². The minimum atomic E-state index is 0.597. The second-order valence-electron chi connectivity index (χ2n) is 5.47. The molecule has 0 spiro atoms. The fourth-order valence-electron chi connectivity index (χ4n) is 3.16. The zero-order valence-electron chi connectivity index (χ0n) is 12.0. The molecule has 2 N–H and O–H groups in total. The summed E-state index contributed by atoms with van der Waals surface area (Å²) >= 11 is 6.06. The van der Waals surface area contributed by atoms with Crippen molar-refractivity contribution in [3.63, 3.8) is 0 Å². The van der Waals surface area contributed by atoms with Crippen LogP contribution in [-0.4, -0.2) is 33.6 Å². The van der Waals surface area contributed by atoms with Crippen molar-refractivity contribution in [3.8, 4) is 0 Å². The summed E-state index contributed by atoms with van der Waals surface area (Å²) in [5, 5.41) is 0.699. The molecule has 1 aromatic heterocycles. The van der Waals surface area contributed by atoms with Gasteiger partial charge in [-0.2, -0.15) is 0 Å². The first-order chi connectivity index (χ1) is 9.17. The molecule has 1 aliphatic carbocycles. The molecule has 2 rings (SSSR count). The van der Waals surface area contributed by atoms with Crippen molar-refractivity contribution in [2.75, 3.05) is 13.1 Å². The standard InChI is InChI=1S/C14H25ClN4/c1-3-19(10-14-17-9-13(15)18(14)2)12-7-5-4-6-11(12)8-16/h9,11-12H,3-8,10,16H2,1-2H3. The first kappa shape index (κ1) is 14.8. The molecule has 5 heteroatoms. The van der Waals surface area contributed by atoms with Crippen LogP contribution in [0.5, 0.6) is 0 Å². The van der Waals surface area contributed by atoms with Crippen LogP contribution in [0, 0.1) is 5.92 Å². The van der Waals surface area contributed by atoms with Gasteiger partial charge in [-0.1, -0.05) is 31.4 Å². The predicted octanol–water partition coefficient (Wildman–Crippen LogP) is 2.41. The third-order valence-electron chi connectivity index (χ3n) is 4.42. The van der Waals surface area contributed by atoms with Gasteiger partial charge in [0.25, 0.3) is 0 Å². The number of aromatic nitrogens is 2. The van der Waals surface area contributed by atoms with E-state index >= 15 is 0 Å². The van der Waals surface area contributed by atoms with E-state index in [0.717, 1.165) is 25.5 Å². The highest BCUT2D eigenvalue weighted by atomic mass is 35.5. The van der Waals surface area contributed by atoms with E-state index in [1.807, 2.05) is 11.6 Å². The fourth-order valence-corrected chi connectivity index (χ4v) is 3.31. The average molecular weight is 285 g/mol. The van der Waals surface area contributed by atoms with Crippen LogP contribution in [-0.2, 0) is 13.6 Å². The number of hydrogen-bond donors (Lipinski definition) is 1. The molecule has 1 fully saturated rings. The molecule has 1 saturated carbocycles. The van der Waals surface area contributed by atoms with E-state index in [2.05, 4.69) is 16.8 Å². The van der Waals surface area contributed by atoms with E-state index in [9.17, 15) is 0 Å². The van der Waals surface area contributed by atoms with Crippen molar-refractivity contribution in [2.45, 2.75) is 45.2 Å². The summed E-state index contributed by atoms with van der Waals surface area (Å²) in [5.74, 6) is 1.66. The molecule has 0 saturated heterocycles. The Bertz CT molecular complexity index is 404. The van der Waals surface area contributed by atoms with Gasteiger partial charge in [0, 0.05) is 13.1 Å². The highest BCUT2D eigenvalue weighted by Gasteiger charge is 2.29. The second kappa shape index (κ2) is 6.73. The molecule has 1 heterocycles. The molecule has 0 radical (unpaired) electrons. The Labute approximate surface area is 120 Å². The average Bonchev–Trinajstić information content (AvgIpc) is 2.76. The van der Waals surface area contributed by atoms with Crippen molar-refractivity contribution < 1.29 is 0 Å². The van der Waals surface area contributed by atoms with Gasteiger partial charge in [-0.25, -0.2) is 4.98 Å². The largest absolute Gasteiger partial charge is 0.330 e. The lowest BCUT2D eigenvalue weighted by Crippen LogP contribution is -2.45. The van der Waals surface area contributed by atoms with Gasteiger partial charge in [0.05, 0.1) is 12.7 Å². The van der Waals surface area contributed by atoms with E-state index in [-0.39, 0.29) is 0 Å². The molecule has 19 heavy (non-hydrogen) atoms. The Morgan fingerprint density at radius 1 is 1.47 bits per heavy atom. The summed E-state index contributed by atoms with van der Waals surface area (Å²) in [6, 6.07) is 0.597. The van der Waals surface area contributed by atoms with Crippen LogP contribution in [0.4, 0.5) is 0 Å². The fraction of sp³-hybridized carbons (Fsp3) is 0.786. The van der Waals surface area contributed by atoms with Gasteiger partial charge in [-0.15, -0.1) is 0 Å². The Morgan fingerprint density at radius 2 is 2.21 bits per heavy atom. The molecule has 0 aromatic carbocycles. The zero-order valence-corrected chi connectivity index (χ0v) is 12.7. The van der Waals surface area contributed by atoms with Crippen LogP contribution in [0.1, 0.15) is 38.4 Å². The topological polar surface area (TPSA) is 47.1 Å². The van der Waals surface area contributed by atoms with Gasteiger partial charge < -0.3 is 10.3 Å². The van der Waals surface area contributed by atoms with E-state index in [0.29, 0.717) is 17.1 Å². The second-order valence-corrected chi connectivity index (χ2v) is 5.85. The highest BCUT2D eigenvalue weighted by Crippen LogP contribution is 2.28. The third-order valence-corrected chi connectivity index (χ3v) is 4.77. The maximum atomic E-state index is 6.06. The molecule has 2 unspecified atom stereocenters.